The number of rotatable bonds is 0. The molecule has 38 heavy (non-hydrogen) atoms. The summed E-state index contributed by atoms with van der Waals surface area (Å²) in [5.41, 5.74) is 6.93. The second-order valence-electron chi connectivity index (χ2n) is 9.82. The van der Waals surface area contributed by atoms with Gasteiger partial charge >= 0.3 is 0 Å². The Morgan fingerprint density at radius 3 is 1.11 bits per heavy atom. The van der Waals surface area contributed by atoms with Crippen LogP contribution in [-0.4, -0.2) is 0 Å². The zero-order valence-electron chi connectivity index (χ0n) is 20.6. The molecule has 2 aliphatic heterocycles. The second-order valence-corrected chi connectivity index (χ2v) is 9.82. The van der Waals surface area contributed by atoms with Crippen molar-refractivity contribution in [1.29, 1.82) is 0 Å². The van der Waals surface area contributed by atoms with Gasteiger partial charge in [-0.1, -0.05) is 121 Å². The van der Waals surface area contributed by atoms with E-state index < -0.39 is 0 Å². The maximum Gasteiger partial charge on any atom is 0.0794 e. The normalized spacial score (nSPS) is 12.1. The number of fused-ring (bicyclic) bond motifs is 6. The maximum absolute atomic E-state index is 4.94. The van der Waals surface area contributed by atoms with E-state index >= 15 is 0 Å². The van der Waals surface area contributed by atoms with Crippen molar-refractivity contribution in [3.05, 3.63) is 175 Å². The Bertz CT molecular complexity index is 2140. The third-order valence-corrected chi connectivity index (χ3v) is 7.65. The summed E-state index contributed by atoms with van der Waals surface area (Å²) in [6.45, 7) is 0. The summed E-state index contributed by atoms with van der Waals surface area (Å²) >= 11 is 0. The molecule has 2 heteroatoms. The molecule has 2 heterocycles. The molecule has 0 radical (unpaired) electrons. The smallest absolute Gasteiger partial charge is 0.0794 e. The zero-order valence-corrected chi connectivity index (χ0v) is 20.6. The van der Waals surface area contributed by atoms with Gasteiger partial charge in [-0.05, 0) is 33.0 Å². The van der Waals surface area contributed by atoms with E-state index in [1.165, 1.54) is 53.6 Å². The highest BCUT2D eigenvalue weighted by molar-refractivity contribution is 5.80. The number of nitrogens with zero attached hydrogens (tertiary/aromatic N) is 2. The molecule has 0 fully saturated rings. The minimum atomic E-state index is 1.05. The van der Waals surface area contributed by atoms with Gasteiger partial charge in [-0.3, -0.25) is 0 Å². The van der Waals surface area contributed by atoms with Gasteiger partial charge in [0.25, 0.3) is 0 Å². The summed E-state index contributed by atoms with van der Waals surface area (Å²) in [4.78, 5) is 9.88. The zero-order chi connectivity index (χ0) is 25.1. The summed E-state index contributed by atoms with van der Waals surface area (Å²) in [5, 5.41) is 9.22. The van der Waals surface area contributed by atoms with Crippen LogP contribution in [0.25, 0.3) is 22.3 Å². The van der Waals surface area contributed by atoms with Crippen molar-refractivity contribution in [3.63, 3.8) is 0 Å². The van der Waals surface area contributed by atoms with E-state index in [2.05, 4.69) is 121 Å². The fourth-order valence-electron chi connectivity index (χ4n) is 5.75. The van der Waals surface area contributed by atoms with Gasteiger partial charge in [-0.15, -0.1) is 0 Å². The summed E-state index contributed by atoms with van der Waals surface area (Å²) < 4.78 is 0. The molecule has 0 atom stereocenters. The first kappa shape index (κ1) is 21.0. The van der Waals surface area contributed by atoms with E-state index in [0.29, 0.717) is 0 Å². The molecule has 6 aromatic rings. The van der Waals surface area contributed by atoms with Crippen molar-refractivity contribution in [2.45, 2.75) is 0 Å². The molecule has 8 rings (SSSR count). The van der Waals surface area contributed by atoms with E-state index in [1.807, 2.05) is 12.1 Å². The molecule has 6 aromatic carbocycles. The van der Waals surface area contributed by atoms with E-state index in [1.54, 1.807) is 0 Å². The second kappa shape index (κ2) is 8.22. The van der Waals surface area contributed by atoms with E-state index in [-0.39, 0.29) is 0 Å². The lowest BCUT2D eigenvalue weighted by Crippen LogP contribution is -2.04. The van der Waals surface area contributed by atoms with Crippen LogP contribution in [0.5, 0.6) is 0 Å². The Kier molecular flexibility index (Phi) is 4.55. The SMILES string of the molecule is c1ccc2c(c1)N=c1c-2cccc1=c1ccc(=c2ccc(=c3cccc4c3=Nc3ccccc3-4)cc2)cc1. The first-order valence-corrected chi connectivity index (χ1v) is 12.9. The molecule has 0 aromatic heterocycles. The average Bonchev–Trinajstić information content (AvgIpc) is 3.56. The molecule has 176 valence electrons. The molecule has 2 aliphatic rings. The van der Waals surface area contributed by atoms with Crippen molar-refractivity contribution in [3.8, 4) is 22.3 Å². The summed E-state index contributed by atoms with van der Waals surface area (Å²) in [5.74, 6) is 0. The summed E-state index contributed by atoms with van der Waals surface area (Å²) in [6.07, 6.45) is 0. The van der Waals surface area contributed by atoms with Crippen LogP contribution in [0.1, 0.15) is 0 Å². The van der Waals surface area contributed by atoms with Crippen LogP contribution in [0.15, 0.2) is 143 Å². The van der Waals surface area contributed by atoms with Crippen LogP contribution in [0.3, 0.4) is 0 Å². The first-order chi connectivity index (χ1) is 18.8. The van der Waals surface area contributed by atoms with Crippen LogP contribution in [0.4, 0.5) is 11.4 Å². The standard InChI is InChI=1S/C36H22N2/c1-3-13-33-29(7-1)31-11-5-9-27(35(31)37-33)25-19-15-23(16-20-25)24-17-21-26(22-18-24)28-10-6-12-32-30-8-2-4-14-34(30)38-36(28)32/h1-22H. The van der Waals surface area contributed by atoms with E-state index in [4.69, 9.17) is 9.98 Å². The van der Waals surface area contributed by atoms with Crippen LogP contribution in [0, 0.1) is 31.3 Å². The molecule has 0 aliphatic carbocycles. The van der Waals surface area contributed by atoms with Gasteiger partial charge in [0, 0.05) is 32.7 Å². The highest BCUT2D eigenvalue weighted by Crippen LogP contribution is 2.32. The third-order valence-electron chi connectivity index (χ3n) is 7.65. The van der Waals surface area contributed by atoms with Gasteiger partial charge in [0.15, 0.2) is 0 Å². The maximum atomic E-state index is 4.94. The van der Waals surface area contributed by atoms with E-state index in [9.17, 15) is 0 Å². The molecular weight excluding hydrogens is 460 g/mol. The lowest BCUT2D eigenvalue weighted by atomic mass is 10.0. The number of hydrogen-bond acceptors (Lipinski definition) is 2. The quantitative estimate of drug-likeness (QED) is 0.215. The van der Waals surface area contributed by atoms with Crippen LogP contribution in [-0.2, 0) is 0 Å². The number of para-hydroxylation sites is 4. The lowest BCUT2D eigenvalue weighted by molar-refractivity contribution is 1.33. The van der Waals surface area contributed by atoms with Gasteiger partial charge < -0.3 is 0 Å². The summed E-state index contributed by atoms with van der Waals surface area (Å²) in [7, 11) is 0. The van der Waals surface area contributed by atoms with Crippen LogP contribution >= 0.6 is 0 Å². The Morgan fingerprint density at radius 1 is 0.289 bits per heavy atom. The topological polar surface area (TPSA) is 24.7 Å². The summed E-state index contributed by atoms with van der Waals surface area (Å²) in [6, 6.07) is 47.3. The Hall–Kier alpha value is -5.08. The predicted octanol–water partition coefficient (Wildman–Crippen LogP) is 7.41. The molecule has 0 saturated carbocycles. The van der Waals surface area contributed by atoms with Gasteiger partial charge in [-0.2, -0.15) is 0 Å². The molecule has 0 N–H and O–H groups in total. The van der Waals surface area contributed by atoms with Crippen molar-refractivity contribution < 1.29 is 0 Å². The molecule has 0 spiro atoms. The molecule has 2 nitrogen and oxygen atoms in total. The monoisotopic (exact) mass is 482 g/mol. The first-order valence-electron chi connectivity index (χ1n) is 12.9. The van der Waals surface area contributed by atoms with Crippen LogP contribution in [0.2, 0.25) is 0 Å². The van der Waals surface area contributed by atoms with Crippen molar-refractivity contribution >= 4 is 11.4 Å². The number of hydrogen-bond donors (Lipinski definition) is 0. The van der Waals surface area contributed by atoms with Gasteiger partial charge in [0.05, 0.1) is 22.1 Å². The largest absolute Gasteiger partial charge is 0.247 e. The Labute approximate surface area is 218 Å². The molecular formula is C36H22N2. The Balaban J connectivity index is 1.29. The minimum Gasteiger partial charge on any atom is -0.247 e. The highest BCUT2D eigenvalue weighted by atomic mass is 14.8. The van der Waals surface area contributed by atoms with Crippen molar-refractivity contribution in [2.75, 3.05) is 0 Å². The molecule has 0 amide bonds. The molecule has 0 bridgehead atoms. The lowest BCUT2D eigenvalue weighted by Gasteiger charge is -1.98. The van der Waals surface area contributed by atoms with Gasteiger partial charge in [0.1, 0.15) is 0 Å². The Morgan fingerprint density at radius 2 is 0.658 bits per heavy atom. The average molecular weight is 483 g/mol. The highest BCUT2D eigenvalue weighted by Gasteiger charge is 2.14. The van der Waals surface area contributed by atoms with E-state index in [0.717, 1.165) is 22.1 Å². The van der Waals surface area contributed by atoms with Crippen molar-refractivity contribution in [2.24, 2.45) is 9.98 Å². The minimum absolute atomic E-state index is 1.05. The van der Waals surface area contributed by atoms with Crippen LogP contribution < -0.4 is 10.7 Å². The van der Waals surface area contributed by atoms with Gasteiger partial charge in [-0.25, -0.2) is 9.98 Å². The number of benzene rings is 6. The predicted molar refractivity (Wildman–Crippen MR) is 151 cm³/mol. The fraction of sp³-hybridized carbons (Fsp3) is 0. The third kappa shape index (κ3) is 3.21. The van der Waals surface area contributed by atoms with Crippen molar-refractivity contribution in [1.82, 2.24) is 0 Å². The molecule has 0 unspecified atom stereocenters. The molecule has 0 saturated heterocycles. The van der Waals surface area contributed by atoms with Gasteiger partial charge in [0.2, 0.25) is 0 Å². The fourth-order valence-corrected chi connectivity index (χ4v) is 5.75.